The van der Waals surface area contributed by atoms with Crippen LogP contribution in [0.3, 0.4) is 0 Å². The molecule has 5 nitrogen and oxygen atoms in total. The van der Waals surface area contributed by atoms with Crippen LogP contribution < -0.4 is 5.32 Å². The fraction of sp³-hybridized carbons (Fsp3) is 0.316. The topological polar surface area (TPSA) is 79.3 Å². The summed E-state index contributed by atoms with van der Waals surface area (Å²) in [6.07, 6.45) is 2.06. The number of nitrogens with zero attached hydrogens (tertiary/aromatic N) is 1. The number of anilines is 1. The SMILES string of the molecule is CC(C)(C)c1ccc(NC(=O)c2ccccc2CCC(=O)O)nc1. The van der Waals surface area contributed by atoms with Crippen LogP contribution in [0.1, 0.15) is 48.7 Å². The lowest BCUT2D eigenvalue weighted by Crippen LogP contribution is -2.16. The number of nitrogens with one attached hydrogen (secondary N) is 1. The van der Waals surface area contributed by atoms with E-state index >= 15 is 0 Å². The van der Waals surface area contributed by atoms with Crippen molar-refractivity contribution in [3.8, 4) is 0 Å². The van der Waals surface area contributed by atoms with Crippen LogP contribution in [0.2, 0.25) is 0 Å². The third-order valence-corrected chi connectivity index (χ3v) is 3.74. The van der Waals surface area contributed by atoms with Crippen LogP contribution in [-0.2, 0) is 16.6 Å². The molecule has 0 aliphatic rings. The fourth-order valence-electron chi connectivity index (χ4n) is 2.30. The van der Waals surface area contributed by atoms with E-state index in [1.807, 2.05) is 6.07 Å². The van der Waals surface area contributed by atoms with Gasteiger partial charge in [0.1, 0.15) is 5.82 Å². The van der Waals surface area contributed by atoms with Crippen molar-refractivity contribution >= 4 is 17.7 Å². The first kappa shape index (κ1) is 17.7. The Morgan fingerprint density at radius 3 is 2.42 bits per heavy atom. The van der Waals surface area contributed by atoms with Gasteiger partial charge in [0.05, 0.1) is 0 Å². The maximum atomic E-state index is 12.5. The number of aryl methyl sites for hydroxylation is 1. The number of carbonyl (C=O) groups excluding carboxylic acids is 1. The molecular formula is C19H22N2O3. The van der Waals surface area contributed by atoms with Gasteiger partial charge < -0.3 is 10.4 Å². The highest BCUT2D eigenvalue weighted by molar-refractivity contribution is 6.04. The van der Waals surface area contributed by atoms with Crippen LogP contribution in [0.25, 0.3) is 0 Å². The summed E-state index contributed by atoms with van der Waals surface area (Å²) in [5.74, 6) is -0.697. The normalized spacial score (nSPS) is 11.1. The lowest BCUT2D eigenvalue weighted by atomic mass is 9.88. The Bertz CT molecular complexity index is 731. The molecule has 1 aromatic carbocycles. The zero-order chi connectivity index (χ0) is 17.7. The van der Waals surface area contributed by atoms with E-state index in [9.17, 15) is 9.59 Å². The molecule has 0 spiro atoms. The van der Waals surface area contributed by atoms with Gasteiger partial charge >= 0.3 is 5.97 Å². The van der Waals surface area contributed by atoms with E-state index in [2.05, 4.69) is 31.1 Å². The molecule has 0 aliphatic heterocycles. The van der Waals surface area contributed by atoms with Gasteiger partial charge in [0, 0.05) is 18.2 Å². The molecule has 0 atom stereocenters. The van der Waals surface area contributed by atoms with Crippen molar-refractivity contribution in [3.05, 3.63) is 59.3 Å². The Morgan fingerprint density at radius 1 is 1.12 bits per heavy atom. The van der Waals surface area contributed by atoms with Crippen LogP contribution in [-0.4, -0.2) is 22.0 Å². The summed E-state index contributed by atoms with van der Waals surface area (Å²) in [5, 5.41) is 11.6. The molecule has 1 aromatic heterocycles. The van der Waals surface area contributed by atoms with Crippen LogP contribution in [0.15, 0.2) is 42.6 Å². The predicted octanol–water partition coefficient (Wildman–Crippen LogP) is 3.65. The number of aromatic nitrogens is 1. The molecule has 0 bridgehead atoms. The highest BCUT2D eigenvalue weighted by atomic mass is 16.4. The minimum Gasteiger partial charge on any atom is -0.481 e. The van der Waals surface area contributed by atoms with E-state index in [1.165, 1.54) is 0 Å². The third-order valence-electron chi connectivity index (χ3n) is 3.74. The molecule has 126 valence electrons. The van der Waals surface area contributed by atoms with Gasteiger partial charge in [-0.3, -0.25) is 9.59 Å². The lowest BCUT2D eigenvalue weighted by molar-refractivity contribution is -0.136. The van der Waals surface area contributed by atoms with Crippen molar-refractivity contribution in [1.29, 1.82) is 0 Å². The minimum atomic E-state index is -0.885. The van der Waals surface area contributed by atoms with E-state index in [0.717, 1.165) is 5.56 Å². The number of rotatable bonds is 5. The smallest absolute Gasteiger partial charge is 0.303 e. The number of hydrogen-bond acceptors (Lipinski definition) is 3. The zero-order valence-corrected chi connectivity index (χ0v) is 14.2. The summed E-state index contributed by atoms with van der Waals surface area (Å²) in [5.41, 5.74) is 2.27. The molecule has 2 aromatic rings. The molecule has 5 heteroatoms. The lowest BCUT2D eigenvalue weighted by Gasteiger charge is -2.18. The average Bonchev–Trinajstić information content (AvgIpc) is 2.52. The summed E-state index contributed by atoms with van der Waals surface area (Å²) in [6, 6.07) is 10.7. The van der Waals surface area contributed by atoms with Crippen molar-refractivity contribution in [2.75, 3.05) is 5.32 Å². The molecule has 2 N–H and O–H groups in total. The third kappa shape index (κ3) is 4.65. The minimum absolute atomic E-state index is 0.00102. The molecule has 1 heterocycles. The molecule has 0 saturated carbocycles. The standard InChI is InChI=1S/C19H22N2O3/c1-19(2,3)14-9-10-16(20-12-14)21-18(24)15-7-5-4-6-13(15)8-11-17(22)23/h4-7,9-10,12H,8,11H2,1-3H3,(H,22,23)(H,20,21,24). The van der Waals surface area contributed by atoms with E-state index in [4.69, 9.17) is 5.11 Å². The Balaban J connectivity index is 2.14. The van der Waals surface area contributed by atoms with Crippen molar-refractivity contribution < 1.29 is 14.7 Å². The van der Waals surface area contributed by atoms with Crippen molar-refractivity contribution in [2.45, 2.75) is 39.0 Å². The molecule has 1 amide bonds. The van der Waals surface area contributed by atoms with Gasteiger partial charge in [0.15, 0.2) is 0 Å². The van der Waals surface area contributed by atoms with Gasteiger partial charge in [-0.05, 0) is 35.1 Å². The Kier molecular flexibility index (Phi) is 5.34. The average molecular weight is 326 g/mol. The molecule has 0 fully saturated rings. The molecule has 2 rings (SSSR count). The molecule has 0 radical (unpaired) electrons. The maximum absolute atomic E-state index is 12.5. The van der Waals surface area contributed by atoms with Gasteiger partial charge in [0.2, 0.25) is 0 Å². The summed E-state index contributed by atoms with van der Waals surface area (Å²) >= 11 is 0. The van der Waals surface area contributed by atoms with Gasteiger partial charge in [-0.15, -0.1) is 0 Å². The number of carboxylic acids is 1. The number of carboxylic acid groups (broad SMARTS) is 1. The first-order valence-corrected chi connectivity index (χ1v) is 7.85. The van der Waals surface area contributed by atoms with Gasteiger partial charge in [0.25, 0.3) is 5.91 Å². The Morgan fingerprint density at radius 2 is 1.83 bits per heavy atom. The zero-order valence-electron chi connectivity index (χ0n) is 14.2. The molecule has 0 saturated heterocycles. The number of pyridine rings is 1. The van der Waals surface area contributed by atoms with Crippen molar-refractivity contribution in [1.82, 2.24) is 4.98 Å². The second-order valence-electron chi connectivity index (χ2n) is 6.69. The van der Waals surface area contributed by atoms with Gasteiger partial charge in [-0.2, -0.15) is 0 Å². The van der Waals surface area contributed by atoms with Gasteiger partial charge in [-0.25, -0.2) is 4.98 Å². The summed E-state index contributed by atoms with van der Waals surface area (Å²) in [4.78, 5) is 27.5. The maximum Gasteiger partial charge on any atom is 0.303 e. The van der Waals surface area contributed by atoms with E-state index in [1.54, 1.807) is 36.5 Å². The Labute approximate surface area is 141 Å². The molecular weight excluding hydrogens is 304 g/mol. The summed E-state index contributed by atoms with van der Waals surface area (Å²) in [7, 11) is 0. The Hall–Kier alpha value is -2.69. The van der Waals surface area contributed by atoms with E-state index in [-0.39, 0.29) is 17.7 Å². The fourth-order valence-corrected chi connectivity index (χ4v) is 2.30. The van der Waals surface area contributed by atoms with Crippen LogP contribution in [0, 0.1) is 0 Å². The van der Waals surface area contributed by atoms with Crippen LogP contribution in [0.5, 0.6) is 0 Å². The number of benzene rings is 1. The summed E-state index contributed by atoms with van der Waals surface area (Å²) < 4.78 is 0. The number of carbonyl (C=O) groups is 2. The molecule has 0 unspecified atom stereocenters. The highest BCUT2D eigenvalue weighted by Crippen LogP contribution is 2.22. The first-order chi connectivity index (χ1) is 11.3. The van der Waals surface area contributed by atoms with Crippen molar-refractivity contribution in [2.24, 2.45) is 0 Å². The number of hydrogen-bond donors (Lipinski definition) is 2. The van der Waals surface area contributed by atoms with Crippen LogP contribution in [0.4, 0.5) is 5.82 Å². The monoisotopic (exact) mass is 326 g/mol. The number of amides is 1. The number of aliphatic carboxylic acids is 1. The van der Waals surface area contributed by atoms with Crippen LogP contribution >= 0.6 is 0 Å². The quantitative estimate of drug-likeness (QED) is 0.879. The molecule has 24 heavy (non-hydrogen) atoms. The van der Waals surface area contributed by atoms with E-state index in [0.29, 0.717) is 23.4 Å². The van der Waals surface area contributed by atoms with E-state index < -0.39 is 5.97 Å². The van der Waals surface area contributed by atoms with Crippen molar-refractivity contribution in [3.63, 3.8) is 0 Å². The second-order valence-corrected chi connectivity index (χ2v) is 6.69. The van der Waals surface area contributed by atoms with Gasteiger partial charge in [-0.1, -0.05) is 45.0 Å². The first-order valence-electron chi connectivity index (χ1n) is 7.85. The predicted molar refractivity (Wildman–Crippen MR) is 93.3 cm³/mol. The second kappa shape index (κ2) is 7.25. The summed E-state index contributed by atoms with van der Waals surface area (Å²) in [6.45, 7) is 6.29. The largest absolute Gasteiger partial charge is 0.481 e. The highest BCUT2D eigenvalue weighted by Gasteiger charge is 2.15. The molecule has 0 aliphatic carbocycles.